The Kier molecular flexibility index (Phi) is 5.90. The Morgan fingerprint density at radius 2 is 1.81 bits per heavy atom. The standard InChI is InChI=1S/C24H21N5O2/c1-16(28-17(2)30)11-19-6-3-18(4-7-19)5-8-20-13-25-24(26-14-20)31-22-10-9-21-15-27-29-23(21)12-22/h3-4,6-7,9-10,12-16H,11H2,1-2H3,(H,27,29)(H,28,30). The molecule has 0 aliphatic heterocycles. The summed E-state index contributed by atoms with van der Waals surface area (Å²) in [6.07, 6.45) is 5.79. The molecule has 2 aromatic carbocycles. The summed E-state index contributed by atoms with van der Waals surface area (Å²) in [5.74, 6) is 6.77. The number of H-pyrrole nitrogens is 1. The van der Waals surface area contributed by atoms with Gasteiger partial charge in [0, 0.05) is 42.4 Å². The van der Waals surface area contributed by atoms with E-state index in [0.717, 1.165) is 28.5 Å². The Balaban J connectivity index is 1.37. The van der Waals surface area contributed by atoms with Gasteiger partial charge in [-0.15, -0.1) is 0 Å². The van der Waals surface area contributed by atoms with E-state index >= 15 is 0 Å². The highest BCUT2D eigenvalue weighted by atomic mass is 16.5. The van der Waals surface area contributed by atoms with Crippen molar-refractivity contribution in [2.24, 2.45) is 0 Å². The lowest BCUT2D eigenvalue weighted by Crippen LogP contribution is -2.31. The third-order valence-corrected chi connectivity index (χ3v) is 4.55. The predicted molar refractivity (Wildman–Crippen MR) is 118 cm³/mol. The maximum atomic E-state index is 11.1. The van der Waals surface area contributed by atoms with E-state index in [1.807, 2.05) is 49.4 Å². The van der Waals surface area contributed by atoms with Crippen LogP contribution >= 0.6 is 0 Å². The zero-order chi connectivity index (χ0) is 21.6. The molecule has 0 aliphatic rings. The number of amides is 1. The van der Waals surface area contributed by atoms with Crippen LogP contribution in [0.4, 0.5) is 0 Å². The molecule has 0 radical (unpaired) electrons. The molecule has 2 N–H and O–H groups in total. The van der Waals surface area contributed by atoms with E-state index in [1.165, 1.54) is 6.92 Å². The number of nitrogens with one attached hydrogen (secondary N) is 2. The van der Waals surface area contributed by atoms with Crippen LogP contribution in [0.15, 0.2) is 61.1 Å². The lowest BCUT2D eigenvalue weighted by atomic mass is 10.1. The molecule has 2 aromatic heterocycles. The van der Waals surface area contributed by atoms with Crippen molar-refractivity contribution < 1.29 is 9.53 Å². The molecular formula is C24H21N5O2. The summed E-state index contributed by atoms with van der Waals surface area (Å²) in [6, 6.07) is 13.9. The van der Waals surface area contributed by atoms with Gasteiger partial charge in [-0.25, -0.2) is 9.97 Å². The van der Waals surface area contributed by atoms with Gasteiger partial charge in [0.25, 0.3) is 0 Å². The van der Waals surface area contributed by atoms with Crippen molar-refractivity contribution in [3.63, 3.8) is 0 Å². The lowest BCUT2D eigenvalue weighted by Gasteiger charge is -2.12. The normalized spacial score (nSPS) is 11.4. The third-order valence-electron chi connectivity index (χ3n) is 4.55. The fourth-order valence-corrected chi connectivity index (χ4v) is 3.14. The highest BCUT2D eigenvalue weighted by molar-refractivity contribution is 5.79. The number of rotatable bonds is 5. The summed E-state index contributed by atoms with van der Waals surface area (Å²) in [7, 11) is 0. The van der Waals surface area contributed by atoms with Gasteiger partial charge in [-0.2, -0.15) is 5.10 Å². The Hall–Kier alpha value is -4.18. The number of ether oxygens (including phenoxy) is 1. The average Bonchev–Trinajstić information content (AvgIpc) is 3.21. The lowest BCUT2D eigenvalue weighted by molar-refractivity contribution is -0.119. The van der Waals surface area contributed by atoms with Crippen molar-refractivity contribution in [1.29, 1.82) is 0 Å². The van der Waals surface area contributed by atoms with Gasteiger partial charge in [0.2, 0.25) is 5.91 Å². The van der Waals surface area contributed by atoms with Gasteiger partial charge in [-0.1, -0.05) is 24.0 Å². The van der Waals surface area contributed by atoms with Crippen molar-refractivity contribution in [3.8, 4) is 23.6 Å². The van der Waals surface area contributed by atoms with Crippen molar-refractivity contribution >= 4 is 16.8 Å². The second-order valence-electron chi connectivity index (χ2n) is 7.23. The van der Waals surface area contributed by atoms with Crippen LogP contribution in [0.2, 0.25) is 0 Å². The Bertz CT molecular complexity index is 1250. The molecule has 0 saturated carbocycles. The van der Waals surface area contributed by atoms with Crippen molar-refractivity contribution in [2.75, 3.05) is 0 Å². The summed E-state index contributed by atoms with van der Waals surface area (Å²) >= 11 is 0. The maximum absolute atomic E-state index is 11.1. The second-order valence-corrected chi connectivity index (χ2v) is 7.23. The first-order valence-corrected chi connectivity index (χ1v) is 9.86. The van der Waals surface area contributed by atoms with E-state index < -0.39 is 0 Å². The van der Waals surface area contributed by atoms with E-state index in [4.69, 9.17) is 4.74 Å². The zero-order valence-corrected chi connectivity index (χ0v) is 17.2. The van der Waals surface area contributed by atoms with Crippen molar-refractivity contribution in [1.82, 2.24) is 25.5 Å². The second kappa shape index (κ2) is 9.09. The first-order valence-electron chi connectivity index (χ1n) is 9.86. The number of carbonyl (C=O) groups excluding carboxylic acids is 1. The molecule has 7 heteroatoms. The van der Waals surface area contributed by atoms with Crippen LogP contribution in [0.5, 0.6) is 11.8 Å². The predicted octanol–water partition coefficient (Wildman–Crippen LogP) is 3.61. The van der Waals surface area contributed by atoms with E-state index in [9.17, 15) is 4.79 Å². The SMILES string of the molecule is CC(=O)NC(C)Cc1ccc(C#Cc2cnc(Oc3ccc4cn[nH]c4c3)nc2)cc1. The largest absolute Gasteiger partial charge is 0.424 e. The van der Waals surface area contributed by atoms with Crippen LogP contribution in [0.25, 0.3) is 10.9 Å². The molecule has 31 heavy (non-hydrogen) atoms. The first kappa shape index (κ1) is 20.1. The van der Waals surface area contributed by atoms with Crippen LogP contribution in [0.1, 0.15) is 30.5 Å². The summed E-state index contributed by atoms with van der Waals surface area (Å²) in [6.45, 7) is 3.51. The topological polar surface area (TPSA) is 92.8 Å². The fraction of sp³-hybridized carbons (Fsp3) is 0.167. The molecule has 2 heterocycles. The molecule has 1 amide bonds. The fourth-order valence-electron chi connectivity index (χ4n) is 3.14. The van der Waals surface area contributed by atoms with E-state index in [1.54, 1.807) is 18.6 Å². The highest BCUT2D eigenvalue weighted by Gasteiger charge is 2.05. The Morgan fingerprint density at radius 3 is 2.55 bits per heavy atom. The molecule has 7 nitrogen and oxygen atoms in total. The minimum absolute atomic E-state index is 0.0208. The van der Waals surface area contributed by atoms with E-state index in [0.29, 0.717) is 11.3 Å². The smallest absolute Gasteiger partial charge is 0.321 e. The number of fused-ring (bicyclic) bond motifs is 1. The minimum Gasteiger partial charge on any atom is -0.424 e. The Labute approximate surface area is 179 Å². The molecule has 1 unspecified atom stereocenters. The summed E-state index contributed by atoms with van der Waals surface area (Å²) in [4.78, 5) is 19.6. The zero-order valence-electron chi connectivity index (χ0n) is 17.2. The van der Waals surface area contributed by atoms with Gasteiger partial charge < -0.3 is 10.1 Å². The molecule has 154 valence electrons. The average molecular weight is 411 g/mol. The minimum atomic E-state index is -0.0208. The van der Waals surface area contributed by atoms with Crippen molar-refractivity contribution in [2.45, 2.75) is 26.3 Å². The molecule has 0 spiro atoms. The highest BCUT2D eigenvalue weighted by Crippen LogP contribution is 2.22. The van der Waals surface area contributed by atoms with Gasteiger partial charge in [-0.3, -0.25) is 9.89 Å². The van der Waals surface area contributed by atoms with Gasteiger partial charge in [0.15, 0.2) is 0 Å². The molecule has 0 fully saturated rings. The van der Waals surface area contributed by atoms with Crippen LogP contribution in [-0.2, 0) is 11.2 Å². The van der Waals surface area contributed by atoms with Crippen LogP contribution in [-0.4, -0.2) is 32.1 Å². The van der Waals surface area contributed by atoms with Gasteiger partial charge in [-0.05, 0) is 43.2 Å². The molecule has 0 bridgehead atoms. The molecule has 4 aromatic rings. The maximum Gasteiger partial charge on any atom is 0.321 e. The number of carbonyl (C=O) groups is 1. The summed E-state index contributed by atoms with van der Waals surface area (Å²) < 4.78 is 5.70. The quantitative estimate of drug-likeness (QED) is 0.490. The molecule has 0 aliphatic carbocycles. The van der Waals surface area contributed by atoms with Crippen LogP contribution in [0, 0.1) is 11.8 Å². The monoisotopic (exact) mass is 411 g/mol. The van der Waals surface area contributed by atoms with E-state index in [-0.39, 0.29) is 18.0 Å². The van der Waals surface area contributed by atoms with Crippen molar-refractivity contribution in [3.05, 3.63) is 77.7 Å². The van der Waals surface area contributed by atoms with Crippen LogP contribution < -0.4 is 10.1 Å². The number of hydrogen-bond acceptors (Lipinski definition) is 5. The number of benzene rings is 2. The van der Waals surface area contributed by atoms with Crippen LogP contribution in [0.3, 0.4) is 0 Å². The molecular weight excluding hydrogens is 390 g/mol. The molecule has 4 rings (SSSR count). The number of aromatic nitrogens is 4. The van der Waals surface area contributed by atoms with Gasteiger partial charge in [0.1, 0.15) is 5.75 Å². The third kappa shape index (κ3) is 5.46. The summed E-state index contributed by atoms with van der Waals surface area (Å²) in [5.41, 5.74) is 3.62. The molecule has 0 saturated heterocycles. The first-order chi connectivity index (χ1) is 15.0. The van der Waals surface area contributed by atoms with Gasteiger partial charge in [0.05, 0.1) is 17.3 Å². The number of aromatic amines is 1. The number of nitrogens with zero attached hydrogens (tertiary/aromatic N) is 3. The van der Waals surface area contributed by atoms with E-state index in [2.05, 4.69) is 37.3 Å². The van der Waals surface area contributed by atoms with Gasteiger partial charge >= 0.3 is 6.01 Å². The molecule has 1 atom stereocenters. The summed E-state index contributed by atoms with van der Waals surface area (Å²) in [5, 5.41) is 10.8. The number of hydrogen-bond donors (Lipinski definition) is 2. The Morgan fingerprint density at radius 1 is 1.06 bits per heavy atom.